The zero-order valence-electron chi connectivity index (χ0n) is 12.3. The monoisotopic (exact) mass is 462 g/mol. The van der Waals surface area contributed by atoms with Crippen LogP contribution in [0.3, 0.4) is 0 Å². The summed E-state index contributed by atoms with van der Waals surface area (Å²) in [6.07, 6.45) is 0.615. The van der Waals surface area contributed by atoms with Crippen LogP contribution >= 0.6 is 62.1 Å². The summed E-state index contributed by atoms with van der Waals surface area (Å²) in [7, 11) is 0. The summed E-state index contributed by atoms with van der Waals surface area (Å²) in [5, 5.41) is 4.81. The summed E-state index contributed by atoms with van der Waals surface area (Å²) in [6.45, 7) is 1.96. The number of thiophene rings is 1. The van der Waals surface area contributed by atoms with Crippen LogP contribution in [0.1, 0.15) is 23.0 Å². The van der Waals surface area contributed by atoms with Crippen LogP contribution in [-0.4, -0.2) is 15.0 Å². The molecule has 0 aliphatic carbocycles. The molecule has 0 bridgehead atoms. The fourth-order valence-corrected chi connectivity index (χ4v) is 4.55. The number of aromatic nitrogens is 2. The Balaban J connectivity index is 2.34. The second-order valence-electron chi connectivity index (χ2n) is 4.91. The van der Waals surface area contributed by atoms with Crippen molar-refractivity contribution in [1.29, 1.82) is 0 Å². The highest BCUT2D eigenvalue weighted by atomic mass is 79.9. The molecule has 0 aliphatic heterocycles. The molecular formula is C16H10BrCl3N2OS. The van der Waals surface area contributed by atoms with Gasteiger partial charge in [0.15, 0.2) is 0 Å². The van der Waals surface area contributed by atoms with Gasteiger partial charge in [-0.2, -0.15) is 5.10 Å². The maximum absolute atomic E-state index is 11.8. The Hall–Kier alpha value is -0.850. The summed E-state index contributed by atoms with van der Waals surface area (Å²) in [6, 6.07) is 9.05. The molecule has 0 N–H and O–H groups in total. The van der Waals surface area contributed by atoms with E-state index in [1.165, 1.54) is 0 Å². The molecule has 0 atom stereocenters. The van der Waals surface area contributed by atoms with Crippen molar-refractivity contribution in [2.24, 2.45) is 0 Å². The van der Waals surface area contributed by atoms with E-state index in [4.69, 9.17) is 34.8 Å². The van der Waals surface area contributed by atoms with E-state index in [1.54, 1.807) is 34.2 Å². The molecule has 0 saturated carbocycles. The van der Waals surface area contributed by atoms with Gasteiger partial charge in [-0.15, -0.1) is 11.3 Å². The predicted octanol–water partition coefficient (Wildman–Crippen LogP) is 6.61. The highest BCUT2D eigenvalue weighted by Gasteiger charge is 2.24. The number of carbonyl (C=O) groups excluding carboxylic acids is 1. The number of hydrogen-bond donors (Lipinski definition) is 0. The first-order chi connectivity index (χ1) is 11.4. The van der Waals surface area contributed by atoms with Crippen molar-refractivity contribution in [1.82, 2.24) is 9.78 Å². The van der Waals surface area contributed by atoms with Crippen molar-refractivity contribution < 1.29 is 4.79 Å². The van der Waals surface area contributed by atoms with E-state index in [1.807, 2.05) is 19.1 Å². The van der Waals surface area contributed by atoms with Crippen LogP contribution in [0.4, 0.5) is 0 Å². The van der Waals surface area contributed by atoms with Crippen LogP contribution in [0.5, 0.6) is 0 Å². The van der Waals surface area contributed by atoms with Gasteiger partial charge < -0.3 is 0 Å². The van der Waals surface area contributed by atoms with Gasteiger partial charge in [0.1, 0.15) is 5.69 Å². The molecular weight excluding hydrogens is 455 g/mol. The van der Waals surface area contributed by atoms with Crippen LogP contribution in [-0.2, 0) is 6.42 Å². The number of nitrogens with zero attached hydrogens (tertiary/aromatic N) is 2. The lowest BCUT2D eigenvalue weighted by molar-refractivity contribution is 0.107. The summed E-state index contributed by atoms with van der Waals surface area (Å²) in [4.78, 5) is 12.8. The zero-order chi connectivity index (χ0) is 17.4. The molecule has 8 heteroatoms. The summed E-state index contributed by atoms with van der Waals surface area (Å²) in [5.74, 6) is 0. The number of halogens is 4. The maximum Gasteiger partial charge on any atom is 0.273 e. The minimum atomic E-state index is -0.590. The van der Waals surface area contributed by atoms with Crippen molar-refractivity contribution in [2.45, 2.75) is 13.3 Å². The van der Waals surface area contributed by atoms with Gasteiger partial charge in [-0.25, -0.2) is 4.68 Å². The topological polar surface area (TPSA) is 34.9 Å². The summed E-state index contributed by atoms with van der Waals surface area (Å²) < 4.78 is 2.64. The SMILES string of the molecule is CCc1c(C(=O)Cl)nn(-c2ccc(Cl)cc2Cl)c1-c1ccc(Br)s1. The van der Waals surface area contributed by atoms with Crippen LogP contribution in [0.25, 0.3) is 16.3 Å². The van der Waals surface area contributed by atoms with Crippen molar-refractivity contribution in [3.05, 3.63) is 55.4 Å². The quantitative estimate of drug-likeness (QED) is 0.407. The third-order valence-corrected chi connectivity index (χ3v) is 5.81. The average molecular weight is 465 g/mol. The highest BCUT2D eigenvalue weighted by molar-refractivity contribution is 9.11. The molecule has 124 valence electrons. The van der Waals surface area contributed by atoms with E-state index in [-0.39, 0.29) is 5.69 Å². The predicted molar refractivity (Wildman–Crippen MR) is 104 cm³/mol. The van der Waals surface area contributed by atoms with Gasteiger partial charge in [0.2, 0.25) is 0 Å². The molecule has 0 aliphatic rings. The fraction of sp³-hybridized carbons (Fsp3) is 0.125. The van der Waals surface area contributed by atoms with Crippen molar-refractivity contribution in [3.63, 3.8) is 0 Å². The van der Waals surface area contributed by atoms with E-state index in [0.717, 1.165) is 19.9 Å². The molecule has 3 rings (SSSR count). The van der Waals surface area contributed by atoms with Crippen LogP contribution in [0.2, 0.25) is 10.0 Å². The van der Waals surface area contributed by atoms with Gasteiger partial charge in [0, 0.05) is 10.6 Å². The van der Waals surface area contributed by atoms with E-state index in [9.17, 15) is 4.79 Å². The Morgan fingerprint density at radius 3 is 2.58 bits per heavy atom. The molecule has 2 heterocycles. The van der Waals surface area contributed by atoms with Gasteiger partial charge >= 0.3 is 0 Å². The first-order valence-corrected chi connectivity index (χ1v) is 9.69. The number of benzene rings is 1. The van der Waals surface area contributed by atoms with E-state index >= 15 is 0 Å². The first kappa shape index (κ1) is 18.0. The molecule has 3 nitrogen and oxygen atoms in total. The third kappa shape index (κ3) is 3.28. The lowest BCUT2D eigenvalue weighted by Crippen LogP contribution is -2.01. The first-order valence-electron chi connectivity index (χ1n) is 6.95. The van der Waals surface area contributed by atoms with Crippen LogP contribution < -0.4 is 0 Å². The van der Waals surface area contributed by atoms with Gasteiger partial charge in [0.05, 0.1) is 25.1 Å². The number of carbonyl (C=O) groups is 1. The largest absolute Gasteiger partial charge is 0.274 e. The number of hydrogen-bond acceptors (Lipinski definition) is 3. The van der Waals surface area contributed by atoms with Gasteiger partial charge in [-0.05, 0) is 64.3 Å². The van der Waals surface area contributed by atoms with Crippen LogP contribution in [0.15, 0.2) is 34.1 Å². The molecule has 0 saturated heterocycles. The lowest BCUT2D eigenvalue weighted by Gasteiger charge is -2.09. The third-order valence-electron chi connectivity index (χ3n) is 3.47. The summed E-state index contributed by atoms with van der Waals surface area (Å²) >= 11 is 23.1. The van der Waals surface area contributed by atoms with Gasteiger partial charge in [0.25, 0.3) is 5.24 Å². The minimum absolute atomic E-state index is 0.240. The second-order valence-corrected chi connectivity index (χ2v) is 8.56. The molecule has 3 aromatic rings. The molecule has 0 amide bonds. The average Bonchev–Trinajstić information content (AvgIpc) is 3.10. The Morgan fingerprint density at radius 2 is 2.04 bits per heavy atom. The highest BCUT2D eigenvalue weighted by Crippen LogP contribution is 2.38. The molecule has 0 radical (unpaired) electrons. The van der Waals surface area contributed by atoms with Crippen molar-refractivity contribution in [2.75, 3.05) is 0 Å². The molecule has 2 aromatic heterocycles. The van der Waals surface area contributed by atoms with E-state index in [0.29, 0.717) is 22.2 Å². The molecule has 0 spiro atoms. The lowest BCUT2D eigenvalue weighted by atomic mass is 10.1. The summed E-state index contributed by atoms with van der Waals surface area (Å²) in [5.41, 5.74) is 2.47. The molecule has 1 aromatic carbocycles. The van der Waals surface area contributed by atoms with Crippen molar-refractivity contribution in [3.8, 4) is 16.3 Å². The maximum atomic E-state index is 11.8. The van der Waals surface area contributed by atoms with Crippen molar-refractivity contribution >= 4 is 67.3 Å². The molecule has 0 fully saturated rings. The molecule has 24 heavy (non-hydrogen) atoms. The van der Waals surface area contributed by atoms with Gasteiger partial charge in [-0.1, -0.05) is 30.1 Å². The van der Waals surface area contributed by atoms with Gasteiger partial charge in [-0.3, -0.25) is 4.79 Å². The Kier molecular flexibility index (Phi) is 5.37. The number of rotatable bonds is 4. The Labute approximate surface area is 166 Å². The van der Waals surface area contributed by atoms with Crippen LogP contribution in [0, 0.1) is 0 Å². The fourth-order valence-electron chi connectivity index (χ4n) is 2.47. The van der Waals surface area contributed by atoms with E-state index in [2.05, 4.69) is 21.0 Å². The smallest absolute Gasteiger partial charge is 0.273 e. The Bertz CT molecular complexity index is 936. The standard InChI is InChI=1S/C16H10BrCl3N2OS/c1-2-9-14(16(20)23)21-22(11-4-3-8(18)7-10(11)19)15(9)12-5-6-13(17)24-12/h3-7H,2H2,1H3. The normalized spacial score (nSPS) is 11.0. The molecule has 0 unspecified atom stereocenters. The van der Waals surface area contributed by atoms with E-state index < -0.39 is 5.24 Å². The zero-order valence-corrected chi connectivity index (χ0v) is 17.0. The Morgan fingerprint density at radius 1 is 1.29 bits per heavy atom. The second kappa shape index (κ2) is 7.18. The minimum Gasteiger partial charge on any atom is -0.274 e.